The van der Waals surface area contributed by atoms with Crippen LogP contribution in [0.25, 0.3) is 6.08 Å². The van der Waals surface area contributed by atoms with E-state index in [4.69, 9.17) is 11.6 Å². The van der Waals surface area contributed by atoms with Gasteiger partial charge in [0, 0.05) is 9.90 Å². The molecule has 2 aromatic rings. The summed E-state index contributed by atoms with van der Waals surface area (Å²) in [7, 11) is 0. The molecule has 0 saturated heterocycles. The van der Waals surface area contributed by atoms with E-state index in [-0.39, 0.29) is 5.78 Å². The number of aryl methyl sites for hydroxylation is 1. The maximum Gasteiger partial charge on any atom is 0.195 e. The summed E-state index contributed by atoms with van der Waals surface area (Å²) in [5, 5.41) is 0.697. The molecule has 17 heavy (non-hydrogen) atoms. The second-order valence-electron chi connectivity index (χ2n) is 3.66. The third kappa shape index (κ3) is 3.29. The molecule has 0 saturated carbocycles. The number of rotatable bonds is 3. The van der Waals surface area contributed by atoms with E-state index in [1.807, 2.05) is 31.2 Å². The predicted octanol–water partition coefficient (Wildman–Crippen LogP) is 4.61. The molecule has 0 radical (unpaired) electrons. The van der Waals surface area contributed by atoms with E-state index in [2.05, 4.69) is 0 Å². The number of ketones is 1. The van der Waals surface area contributed by atoms with E-state index in [1.54, 1.807) is 24.3 Å². The topological polar surface area (TPSA) is 17.1 Å². The van der Waals surface area contributed by atoms with Gasteiger partial charge in [-0.1, -0.05) is 29.8 Å². The number of allylic oxidation sites excluding steroid dienone is 1. The first kappa shape index (κ1) is 12.1. The highest BCUT2D eigenvalue weighted by atomic mass is 35.5. The molecule has 0 amide bonds. The molecular formula is C14H11ClOS. The van der Waals surface area contributed by atoms with E-state index in [0.717, 1.165) is 15.3 Å². The van der Waals surface area contributed by atoms with Crippen molar-refractivity contribution in [3.63, 3.8) is 0 Å². The molecule has 0 unspecified atom stereocenters. The molecule has 3 heteroatoms. The summed E-state index contributed by atoms with van der Waals surface area (Å²) in [6, 6.07) is 11.2. The largest absolute Gasteiger partial charge is 0.288 e. The van der Waals surface area contributed by atoms with Gasteiger partial charge in [-0.15, -0.1) is 11.3 Å². The highest BCUT2D eigenvalue weighted by Gasteiger charge is 2.03. The Balaban J connectivity index is 2.10. The third-order valence-corrected chi connectivity index (χ3v) is 3.55. The Morgan fingerprint density at radius 3 is 2.47 bits per heavy atom. The van der Waals surface area contributed by atoms with E-state index >= 15 is 0 Å². The van der Waals surface area contributed by atoms with E-state index in [1.165, 1.54) is 11.3 Å². The smallest absolute Gasteiger partial charge is 0.195 e. The SMILES string of the molecule is Cc1ccc(C(=O)/C=C/c2ccc(Cl)cc2)s1. The third-order valence-electron chi connectivity index (χ3n) is 2.28. The average Bonchev–Trinajstić information content (AvgIpc) is 2.75. The minimum absolute atomic E-state index is 0.0399. The van der Waals surface area contributed by atoms with Gasteiger partial charge in [-0.05, 0) is 42.8 Å². The summed E-state index contributed by atoms with van der Waals surface area (Å²) in [5.74, 6) is 0.0399. The number of carbonyl (C=O) groups is 1. The van der Waals surface area contributed by atoms with Gasteiger partial charge in [0.1, 0.15) is 0 Å². The molecule has 0 aliphatic rings. The molecule has 0 aliphatic heterocycles. The first-order chi connectivity index (χ1) is 8.15. The monoisotopic (exact) mass is 262 g/mol. The van der Waals surface area contributed by atoms with E-state index < -0.39 is 0 Å². The van der Waals surface area contributed by atoms with Crippen molar-refractivity contribution in [1.29, 1.82) is 0 Å². The number of carbonyl (C=O) groups excluding carboxylic acids is 1. The molecule has 2 rings (SSSR count). The Labute approximate surface area is 109 Å². The zero-order valence-electron chi connectivity index (χ0n) is 9.31. The molecule has 1 aromatic heterocycles. The molecule has 0 spiro atoms. The van der Waals surface area contributed by atoms with Crippen LogP contribution in [0, 0.1) is 6.92 Å². The van der Waals surface area contributed by atoms with Crippen LogP contribution in [0.15, 0.2) is 42.5 Å². The highest BCUT2D eigenvalue weighted by Crippen LogP contribution is 2.17. The van der Waals surface area contributed by atoms with E-state index in [0.29, 0.717) is 5.02 Å². The lowest BCUT2D eigenvalue weighted by molar-refractivity contribution is 0.105. The lowest BCUT2D eigenvalue weighted by atomic mass is 10.2. The Morgan fingerprint density at radius 1 is 1.18 bits per heavy atom. The van der Waals surface area contributed by atoms with Crippen molar-refractivity contribution in [2.75, 3.05) is 0 Å². The van der Waals surface area contributed by atoms with Crippen LogP contribution in [0.1, 0.15) is 20.1 Å². The quantitative estimate of drug-likeness (QED) is 0.583. The van der Waals surface area contributed by atoms with Gasteiger partial charge in [-0.2, -0.15) is 0 Å². The van der Waals surface area contributed by atoms with Crippen LogP contribution in [0.5, 0.6) is 0 Å². The summed E-state index contributed by atoms with van der Waals surface area (Å²) in [6.07, 6.45) is 3.39. The number of benzene rings is 1. The van der Waals surface area contributed by atoms with Crippen molar-refractivity contribution in [3.8, 4) is 0 Å². The van der Waals surface area contributed by atoms with Crippen LogP contribution in [-0.4, -0.2) is 5.78 Å². The van der Waals surface area contributed by atoms with Crippen LogP contribution < -0.4 is 0 Å². The van der Waals surface area contributed by atoms with Crippen molar-refractivity contribution in [2.24, 2.45) is 0 Å². The fraction of sp³-hybridized carbons (Fsp3) is 0.0714. The van der Waals surface area contributed by atoms with Crippen molar-refractivity contribution in [3.05, 3.63) is 62.8 Å². The lowest BCUT2D eigenvalue weighted by Crippen LogP contribution is -1.88. The van der Waals surface area contributed by atoms with Crippen molar-refractivity contribution in [2.45, 2.75) is 6.92 Å². The number of hydrogen-bond donors (Lipinski definition) is 0. The van der Waals surface area contributed by atoms with Crippen LogP contribution >= 0.6 is 22.9 Å². The fourth-order valence-corrected chi connectivity index (χ4v) is 2.31. The number of thiophene rings is 1. The van der Waals surface area contributed by atoms with Gasteiger partial charge in [0.15, 0.2) is 5.78 Å². The predicted molar refractivity (Wildman–Crippen MR) is 73.9 cm³/mol. The molecule has 0 atom stereocenters. The summed E-state index contributed by atoms with van der Waals surface area (Å²) < 4.78 is 0. The molecule has 1 nitrogen and oxygen atoms in total. The number of hydrogen-bond acceptors (Lipinski definition) is 2. The first-order valence-electron chi connectivity index (χ1n) is 5.19. The zero-order chi connectivity index (χ0) is 12.3. The second-order valence-corrected chi connectivity index (χ2v) is 5.38. The first-order valence-corrected chi connectivity index (χ1v) is 6.39. The summed E-state index contributed by atoms with van der Waals surface area (Å²) >= 11 is 7.30. The van der Waals surface area contributed by atoms with Gasteiger partial charge in [-0.25, -0.2) is 0 Å². The summed E-state index contributed by atoms with van der Waals surface area (Å²) in [5.41, 5.74) is 0.969. The molecule has 0 bridgehead atoms. The van der Waals surface area contributed by atoms with E-state index in [9.17, 15) is 4.79 Å². The Hall–Kier alpha value is -1.38. The normalized spacial score (nSPS) is 10.9. The standard InChI is InChI=1S/C14H11ClOS/c1-10-2-9-14(17-10)13(16)8-5-11-3-6-12(15)7-4-11/h2-9H,1H3/b8-5+. The fourth-order valence-electron chi connectivity index (χ4n) is 1.39. The summed E-state index contributed by atoms with van der Waals surface area (Å²) in [4.78, 5) is 13.7. The molecule has 1 heterocycles. The lowest BCUT2D eigenvalue weighted by Gasteiger charge is -1.93. The molecule has 0 N–H and O–H groups in total. The van der Waals surface area contributed by atoms with Crippen LogP contribution in [0.4, 0.5) is 0 Å². The Morgan fingerprint density at radius 2 is 1.88 bits per heavy atom. The summed E-state index contributed by atoms with van der Waals surface area (Å²) in [6.45, 7) is 1.99. The molecule has 1 aromatic carbocycles. The highest BCUT2D eigenvalue weighted by molar-refractivity contribution is 7.14. The zero-order valence-corrected chi connectivity index (χ0v) is 10.9. The molecule has 0 fully saturated rings. The molecule has 86 valence electrons. The van der Waals surface area contributed by atoms with Gasteiger partial charge >= 0.3 is 0 Å². The Bertz CT molecular complexity index is 552. The second kappa shape index (κ2) is 5.30. The minimum atomic E-state index is 0.0399. The van der Waals surface area contributed by atoms with Crippen LogP contribution in [-0.2, 0) is 0 Å². The maximum atomic E-state index is 11.8. The number of halogens is 1. The van der Waals surface area contributed by atoms with Gasteiger partial charge in [-0.3, -0.25) is 4.79 Å². The minimum Gasteiger partial charge on any atom is -0.288 e. The van der Waals surface area contributed by atoms with Gasteiger partial charge in [0.2, 0.25) is 0 Å². The molecular weight excluding hydrogens is 252 g/mol. The Kier molecular flexibility index (Phi) is 3.77. The van der Waals surface area contributed by atoms with Crippen molar-refractivity contribution < 1.29 is 4.79 Å². The van der Waals surface area contributed by atoms with Crippen LogP contribution in [0.2, 0.25) is 5.02 Å². The van der Waals surface area contributed by atoms with Gasteiger partial charge in [0.05, 0.1) is 4.88 Å². The maximum absolute atomic E-state index is 11.8. The van der Waals surface area contributed by atoms with Gasteiger partial charge in [0.25, 0.3) is 0 Å². The van der Waals surface area contributed by atoms with Crippen molar-refractivity contribution in [1.82, 2.24) is 0 Å². The molecule has 0 aliphatic carbocycles. The average molecular weight is 263 g/mol. The van der Waals surface area contributed by atoms with Gasteiger partial charge < -0.3 is 0 Å². The van der Waals surface area contributed by atoms with Crippen molar-refractivity contribution >= 4 is 34.8 Å². The van der Waals surface area contributed by atoms with Crippen LogP contribution in [0.3, 0.4) is 0 Å².